The van der Waals surface area contributed by atoms with E-state index in [1.165, 1.54) is 55.2 Å². The molecule has 0 saturated heterocycles. The molecule has 2 rings (SSSR count). The molecule has 3 nitrogen and oxygen atoms in total. The van der Waals surface area contributed by atoms with E-state index >= 15 is 0 Å². The molecule has 0 fully saturated rings. The van der Waals surface area contributed by atoms with Crippen molar-refractivity contribution >= 4 is 6.08 Å². The quantitative estimate of drug-likeness (QED) is 0.541. The predicted octanol–water partition coefficient (Wildman–Crippen LogP) is 3.77. The standard InChI is InChI=1S/C21H33NO2/c1-2-3-4-5-6-7-8-17-9-12-20-18(13-17)10-11-19(20)14-21(22,15-23)16-24/h9-13,19,23-24H,2-8,14-16,22H2,1H3. The van der Waals surface area contributed by atoms with Crippen LogP contribution in [0.4, 0.5) is 0 Å². The molecule has 0 aliphatic heterocycles. The number of fused-ring (bicyclic) bond motifs is 1. The lowest BCUT2D eigenvalue weighted by atomic mass is 9.86. The first-order valence-corrected chi connectivity index (χ1v) is 9.43. The largest absolute Gasteiger partial charge is 0.394 e. The van der Waals surface area contributed by atoms with E-state index in [-0.39, 0.29) is 19.1 Å². The number of hydrogen-bond donors (Lipinski definition) is 3. The molecule has 0 spiro atoms. The van der Waals surface area contributed by atoms with Crippen molar-refractivity contribution in [2.24, 2.45) is 5.73 Å². The van der Waals surface area contributed by atoms with Gasteiger partial charge >= 0.3 is 0 Å². The monoisotopic (exact) mass is 331 g/mol. The van der Waals surface area contributed by atoms with Gasteiger partial charge in [-0.3, -0.25) is 0 Å². The van der Waals surface area contributed by atoms with Crippen LogP contribution in [0, 0.1) is 0 Å². The molecule has 1 aromatic carbocycles. The Kier molecular flexibility index (Phi) is 7.47. The van der Waals surface area contributed by atoms with E-state index in [1.54, 1.807) is 0 Å². The van der Waals surface area contributed by atoms with Gasteiger partial charge in [0.05, 0.1) is 18.8 Å². The Bertz CT molecular complexity index is 535. The average Bonchev–Trinajstić information content (AvgIpc) is 3.00. The number of allylic oxidation sites excluding steroid dienone is 1. The van der Waals surface area contributed by atoms with Crippen LogP contribution in [0.15, 0.2) is 24.3 Å². The minimum Gasteiger partial charge on any atom is -0.394 e. The zero-order valence-corrected chi connectivity index (χ0v) is 15.0. The first-order valence-electron chi connectivity index (χ1n) is 9.43. The molecule has 24 heavy (non-hydrogen) atoms. The molecule has 0 radical (unpaired) electrons. The molecule has 1 aromatic rings. The van der Waals surface area contributed by atoms with Crippen LogP contribution in [-0.4, -0.2) is 29.0 Å². The number of aryl methyl sites for hydroxylation is 1. The fourth-order valence-electron chi connectivity index (χ4n) is 3.49. The van der Waals surface area contributed by atoms with Crippen molar-refractivity contribution in [3.8, 4) is 0 Å². The van der Waals surface area contributed by atoms with Gasteiger partial charge in [-0.2, -0.15) is 0 Å². The second-order valence-corrected chi connectivity index (χ2v) is 7.33. The van der Waals surface area contributed by atoms with Gasteiger partial charge in [-0.25, -0.2) is 0 Å². The molecule has 0 amide bonds. The molecule has 0 heterocycles. The number of nitrogens with two attached hydrogens (primary N) is 1. The van der Waals surface area contributed by atoms with Crippen molar-refractivity contribution in [1.82, 2.24) is 0 Å². The summed E-state index contributed by atoms with van der Waals surface area (Å²) in [4.78, 5) is 0. The summed E-state index contributed by atoms with van der Waals surface area (Å²) in [6.07, 6.45) is 14.0. The van der Waals surface area contributed by atoms with Crippen molar-refractivity contribution in [3.05, 3.63) is 41.0 Å². The molecule has 0 aromatic heterocycles. The Morgan fingerprint density at radius 2 is 1.75 bits per heavy atom. The highest BCUT2D eigenvalue weighted by Crippen LogP contribution is 2.35. The molecule has 1 aliphatic rings. The van der Waals surface area contributed by atoms with E-state index in [9.17, 15) is 10.2 Å². The third kappa shape index (κ3) is 5.17. The van der Waals surface area contributed by atoms with E-state index in [2.05, 4.69) is 37.3 Å². The van der Waals surface area contributed by atoms with Gasteiger partial charge in [-0.1, -0.05) is 69.4 Å². The van der Waals surface area contributed by atoms with Crippen molar-refractivity contribution in [2.75, 3.05) is 13.2 Å². The lowest BCUT2D eigenvalue weighted by Gasteiger charge is -2.27. The van der Waals surface area contributed by atoms with Gasteiger partial charge in [0.1, 0.15) is 0 Å². The van der Waals surface area contributed by atoms with Crippen LogP contribution in [0.5, 0.6) is 0 Å². The maximum atomic E-state index is 9.40. The van der Waals surface area contributed by atoms with E-state index in [1.807, 2.05) is 0 Å². The zero-order chi connectivity index (χ0) is 17.4. The second-order valence-electron chi connectivity index (χ2n) is 7.33. The second kappa shape index (κ2) is 9.36. The van der Waals surface area contributed by atoms with Gasteiger partial charge in [0.2, 0.25) is 0 Å². The van der Waals surface area contributed by atoms with Crippen LogP contribution in [0.3, 0.4) is 0 Å². The van der Waals surface area contributed by atoms with Crippen LogP contribution in [0.25, 0.3) is 6.08 Å². The van der Waals surface area contributed by atoms with Gasteiger partial charge < -0.3 is 15.9 Å². The highest BCUT2D eigenvalue weighted by Gasteiger charge is 2.29. The average molecular weight is 332 g/mol. The van der Waals surface area contributed by atoms with E-state index in [0.717, 1.165) is 6.42 Å². The van der Waals surface area contributed by atoms with Crippen LogP contribution in [0.2, 0.25) is 0 Å². The number of rotatable bonds is 11. The van der Waals surface area contributed by atoms with Crippen molar-refractivity contribution in [3.63, 3.8) is 0 Å². The summed E-state index contributed by atoms with van der Waals surface area (Å²) in [5.41, 5.74) is 9.06. The molecular formula is C21H33NO2. The lowest BCUT2D eigenvalue weighted by molar-refractivity contribution is 0.112. The van der Waals surface area contributed by atoms with Gasteiger partial charge in [0, 0.05) is 5.92 Å². The van der Waals surface area contributed by atoms with E-state index in [4.69, 9.17) is 5.73 Å². The molecule has 134 valence electrons. The summed E-state index contributed by atoms with van der Waals surface area (Å²) < 4.78 is 0. The fourth-order valence-corrected chi connectivity index (χ4v) is 3.49. The maximum absolute atomic E-state index is 9.40. The summed E-state index contributed by atoms with van der Waals surface area (Å²) >= 11 is 0. The Balaban J connectivity index is 1.88. The summed E-state index contributed by atoms with van der Waals surface area (Å²) in [7, 11) is 0. The summed E-state index contributed by atoms with van der Waals surface area (Å²) in [5.74, 6) is 0.187. The van der Waals surface area contributed by atoms with Crippen LogP contribution in [-0.2, 0) is 6.42 Å². The van der Waals surface area contributed by atoms with Gasteiger partial charge in [0.25, 0.3) is 0 Å². The molecule has 1 unspecified atom stereocenters. The maximum Gasteiger partial charge on any atom is 0.0634 e. The topological polar surface area (TPSA) is 66.5 Å². The number of aliphatic hydroxyl groups is 2. The molecule has 1 aliphatic carbocycles. The van der Waals surface area contributed by atoms with Gasteiger partial charge in [-0.05, 0) is 36.0 Å². The molecule has 0 saturated carbocycles. The SMILES string of the molecule is CCCCCCCCc1ccc2c(c1)C=CC2CC(N)(CO)CO. The summed E-state index contributed by atoms with van der Waals surface area (Å²) in [5, 5.41) is 18.8. The number of benzene rings is 1. The Hall–Kier alpha value is -1.16. The zero-order valence-electron chi connectivity index (χ0n) is 15.0. The third-order valence-electron chi connectivity index (χ3n) is 5.13. The molecular weight excluding hydrogens is 298 g/mol. The first kappa shape index (κ1) is 19.2. The van der Waals surface area contributed by atoms with Crippen LogP contribution in [0.1, 0.15) is 74.5 Å². The smallest absolute Gasteiger partial charge is 0.0634 e. The van der Waals surface area contributed by atoms with Crippen molar-refractivity contribution < 1.29 is 10.2 Å². The molecule has 1 atom stereocenters. The van der Waals surface area contributed by atoms with Crippen LogP contribution >= 0.6 is 0 Å². The highest BCUT2D eigenvalue weighted by molar-refractivity contribution is 5.63. The minimum atomic E-state index is -0.909. The highest BCUT2D eigenvalue weighted by atomic mass is 16.3. The predicted molar refractivity (Wildman–Crippen MR) is 101 cm³/mol. The first-order chi connectivity index (χ1) is 11.6. The van der Waals surface area contributed by atoms with E-state index < -0.39 is 5.54 Å². The Labute approximate surface area is 146 Å². The Morgan fingerprint density at radius 3 is 2.46 bits per heavy atom. The number of unbranched alkanes of at least 4 members (excludes halogenated alkanes) is 5. The minimum absolute atomic E-state index is 0.187. The van der Waals surface area contributed by atoms with Gasteiger partial charge in [0.15, 0.2) is 0 Å². The van der Waals surface area contributed by atoms with Gasteiger partial charge in [-0.15, -0.1) is 0 Å². The lowest BCUT2D eigenvalue weighted by Crippen LogP contribution is -2.48. The van der Waals surface area contributed by atoms with Crippen LogP contribution < -0.4 is 5.73 Å². The van der Waals surface area contributed by atoms with Crippen molar-refractivity contribution in [2.45, 2.75) is 69.7 Å². The Morgan fingerprint density at radius 1 is 1.04 bits per heavy atom. The number of aliphatic hydroxyl groups excluding tert-OH is 2. The summed E-state index contributed by atoms with van der Waals surface area (Å²) in [6, 6.07) is 6.70. The molecule has 0 bridgehead atoms. The third-order valence-corrected chi connectivity index (χ3v) is 5.13. The van der Waals surface area contributed by atoms with Crippen molar-refractivity contribution in [1.29, 1.82) is 0 Å². The fraction of sp³-hybridized carbons (Fsp3) is 0.619. The summed E-state index contributed by atoms with van der Waals surface area (Å²) in [6.45, 7) is 1.86. The molecule has 3 heteroatoms. The number of hydrogen-bond acceptors (Lipinski definition) is 3. The normalized spacial score (nSPS) is 16.6. The van der Waals surface area contributed by atoms with E-state index in [0.29, 0.717) is 6.42 Å². The molecule has 4 N–H and O–H groups in total.